The molecule has 156 valence electrons. The summed E-state index contributed by atoms with van der Waals surface area (Å²) in [6, 6.07) is 8.76. The van der Waals surface area contributed by atoms with E-state index in [-0.39, 0.29) is 17.4 Å². The number of anilines is 1. The molecule has 8 heteroatoms. The topological polar surface area (TPSA) is 99.5 Å². The largest absolute Gasteiger partial charge is 0.452 e. The molecule has 0 radical (unpaired) electrons. The lowest BCUT2D eigenvalue weighted by Crippen LogP contribution is -2.39. The zero-order chi connectivity index (χ0) is 21.2. The summed E-state index contributed by atoms with van der Waals surface area (Å²) in [5.74, 6) is -0.795. The fourth-order valence-electron chi connectivity index (χ4n) is 3.19. The molecule has 1 aliphatic rings. The summed E-state index contributed by atoms with van der Waals surface area (Å²) in [7, 11) is 1.82. The molecule has 1 aromatic carbocycles. The van der Waals surface area contributed by atoms with Crippen molar-refractivity contribution in [1.29, 1.82) is 5.26 Å². The van der Waals surface area contributed by atoms with E-state index in [1.807, 2.05) is 13.1 Å². The van der Waals surface area contributed by atoms with Crippen LogP contribution in [0.5, 0.6) is 0 Å². The molecule has 1 aromatic rings. The van der Waals surface area contributed by atoms with Crippen LogP contribution in [0.1, 0.15) is 44.6 Å². The van der Waals surface area contributed by atoms with E-state index in [0.29, 0.717) is 17.3 Å². The summed E-state index contributed by atoms with van der Waals surface area (Å²) < 4.78 is 5.14. The van der Waals surface area contributed by atoms with Gasteiger partial charge in [0.2, 0.25) is 5.91 Å². The van der Waals surface area contributed by atoms with Crippen molar-refractivity contribution >= 4 is 35.2 Å². The maximum Gasteiger partial charge on any atom is 0.316 e. The van der Waals surface area contributed by atoms with Crippen LogP contribution in [0.25, 0.3) is 0 Å². The van der Waals surface area contributed by atoms with Crippen LogP contribution in [0, 0.1) is 11.3 Å². The summed E-state index contributed by atoms with van der Waals surface area (Å²) in [5.41, 5.74) is 0.884. The Labute approximate surface area is 175 Å². The molecular weight excluding hydrogens is 390 g/mol. The molecule has 0 unspecified atom stereocenters. The van der Waals surface area contributed by atoms with Gasteiger partial charge >= 0.3 is 5.97 Å². The third-order valence-corrected chi connectivity index (χ3v) is 5.79. The first kappa shape index (κ1) is 22.8. The van der Waals surface area contributed by atoms with Gasteiger partial charge in [0.1, 0.15) is 0 Å². The van der Waals surface area contributed by atoms with Crippen LogP contribution in [0.3, 0.4) is 0 Å². The van der Waals surface area contributed by atoms with Gasteiger partial charge in [0.15, 0.2) is 6.10 Å². The maximum atomic E-state index is 12.3. The number of rotatable bonds is 8. The number of thioether (sulfide) groups is 1. The van der Waals surface area contributed by atoms with Crippen LogP contribution in [0.15, 0.2) is 24.3 Å². The molecule has 29 heavy (non-hydrogen) atoms. The van der Waals surface area contributed by atoms with Crippen LogP contribution in [-0.2, 0) is 19.1 Å². The predicted octanol–water partition coefficient (Wildman–Crippen LogP) is 2.95. The summed E-state index contributed by atoms with van der Waals surface area (Å²) in [4.78, 5) is 38.2. The fourth-order valence-corrected chi connectivity index (χ4v) is 3.91. The number of amides is 2. The van der Waals surface area contributed by atoms with Crippen molar-refractivity contribution in [2.75, 3.05) is 23.9 Å². The number of carbonyl (C=O) groups excluding carboxylic acids is 3. The number of hydrogen-bond donors (Lipinski definition) is 1. The number of nitriles is 1. The van der Waals surface area contributed by atoms with Crippen molar-refractivity contribution in [3.8, 4) is 6.07 Å². The minimum absolute atomic E-state index is 0.00574. The number of carbonyl (C=O) groups is 3. The molecule has 1 aliphatic carbocycles. The third-order valence-electron chi connectivity index (χ3n) is 4.90. The molecular formula is C21H27N3O4S. The van der Waals surface area contributed by atoms with E-state index >= 15 is 0 Å². The van der Waals surface area contributed by atoms with Gasteiger partial charge in [0, 0.05) is 18.8 Å². The number of esters is 1. The SMILES string of the molecule is C[C@H](OC(=O)CSCC(=O)N(C)C1CCCCC1)C(=O)Nc1cccc(C#N)c1. The predicted molar refractivity (Wildman–Crippen MR) is 112 cm³/mol. The normalized spacial score (nSPS) is 15.1. The molecule has 0 aliphatic heterocycles. The van der Waals surface area contributed by atoms with Crippen LogP contribution < -0.4 is 5.32 Å². The molecule has 1 saturated carbocycles. The van der Waals surface area contributed by atoms with Crippen LogP contribution in [-0.4, -0.2) is 53.4 Å². The second kappa shape index (κ2) is 11.5. The van der Waals surface area contributed by atoms with E-state index in [2.05, 4.69) is 5.32 Å². The number of nitrogens with zero attached hydrogens (tertiary/aromatic N) is 2. The van der Waals surface area contributed by atoms with Crippen LogP contribution in [0.4, 0.5) is 5.69 Å². The zero-order valence-electron chi connectivity index (χ0n) is 16.8. The Hall–Kier alpha value is -2.53. The molecule has 0 aromatic heterocycles. The van der Waals surface area contributed by atoms with Gasteiger partial charge < -0.3 is 15.0 Å². The van der Waals surface area contributed by atoms with Crippen molar-refractivity contribution in [1.82, 2.24) is 4.90 Å². The molecule has 2 rings (SSSR count). The Kier molecular flexibility index (Phi) is 9.00. The Bertz CT molecular complexity index is 771. The van der Waals surface area contributed by atoms with Gasteiger partial charge in [-0.15, -0.1) is 11.8 Å². The Morgan fingerprint density at radius 2 is 2.00 bits per heavy atom. The quantitative estimate of drug-likeness (QED) is 0.653. The monoisotopic (exact) mass is 417 g/mol. The Morgan fingerprint density at radius 3 is 2.69 bits per heavy atom. The summed E-state index contributed by atoms with van der Waals surface area (Å²) in [6.07, 6.45) is 4.65. The van der Waals surface area contributed by atoms with E-state index < -0.39 is 18.0 Å². The van der Waals surface area contributed by atoms with Gasteiger partial charge in [0.05, 0.1) is 23.1 Å². The number of hydrogen-bond acceptors (Lipinski definition) is 6. The second-order valence-corrected chi connectivity index (χ2v) is 8.09. The third kappa shape index (κ3) is 7.42. The average molecular weight is 418 g/mol. The molecule has 2 amide bonds. The number of benzene rings is 1. The fraction of sp³-hybridized carbons (Fsp3) is 0.524. The molecule has 0 spiro atoms. The smallest absolute Gasteiger partial charge is 0.316 e. The van der Waals surface area contributed by atoms with E-state index in [1.165, 1.54) is 31.2 Å². The van der Waals surface area contributed by atoms with Crippen LogP contribution in [0.2, 0.25) is 0 Å². The highest BCUT2D eigenvalue weighted by molar-refractivity contribution is 8.00. The molecule has 1 fully saturated rings. The number of nitrogens with one attached hydrogen (secondary N) is 1. The van der Waals surface area contributed by atoms with Gasteiger partial charge in [-0.2, -0.15) is 5.26 Å². The second-order valence-electron chi connectivity index (χ2n) is 7.10. The lowest BCUT2D eigenvalue weighted by molar-refractivity contribution is -0.150. The van der Waals surface area contributed by atoms with Crippen molar-refractivity contribution in [3.63, 3.8) is 0 Å². The lowest BCUT2D eigenvalue weighted by atomic mass is 9.94. The Morgan fingerprint density at radius 1 is 1.28 bits per heavy atom. The highest BCUT2D eigenvalue weighted by atomic mass is 32.2. The van der Waals surface area contributed by atoms with Crippen molar-refractivity contribution in [2.45, 2.75) is 51.2 Å². The van der Waals surface area contributed by atoms with Crippen molar-refractivity contribution < 1.29 is 19.1 Å². The first-order valence-corrected chi connectivity index (χ1v) is 10.9. The van der Waals surface area contributed by atoms with Gasteiger partial charge in [0.25, 0.3) is 5.91 Å². The molecule has 7 nitrogen and oxygen atoms in total. The van der Waals surface area contributed by atoms with Gasteiger partial charge in [-0.3, -0.25) is 14.4 Å². The lowest BCUT2D eigenvalue weighted by Gasteiger charge is -2.31. The minimum atomic E-state index is -0.977. The number of ether oxygens (including phenoxy) is 1. The minimum Gasteiger partial charge on any atom is -0.452 e. The first-order chi connectivity index (χ1) is 13.9. The van der Waals surface area contributed by atoms with Crippen LogP contribution >= 0.6 is 11.8 Å². The van der Waals surface area contributed by atoms with E-state index in [4.69, 9.17) is 10.00 Å². The van der Waals surface area contributed by atoms with E-state index in [1.54, 1.807) is 23.1 Å². The standard InChI is InChI=1S/C21H27N3O4S/c1-15(21(27)23-17-8-6-7-16(11-17)12-22)28-20(26)14-29-13-19(25)24(2)18-9-4-3-5-10-18/h6-8,11,15,18H,3-5,9-10,13-14H2,1-2H3,(H,23,27)/t15-/m0/s1. The van der Waals surface area contributed by atoms with Gasteiger partial charge in [-0.25, -0.2) is 0 Å². The summed E-state index contributed by atoms with van der Waals surface area (Å²) in [5, 5.41) is 11.5. The average Bonchev–Trinajstić information content (AvgIpc) is 2.73. The van der Waals surface area contributed by atoms with E-state index in [0.717, 1.165) is 25.7 Å². The van der Waals surface area contributed by atoms with Crippen molar-refractivity contribution in [3.05, 3.63) is 29.8 Å². The zero-order valence-corrected chi connectivity index (χ0v) is 17.7. The van der Waals surface area contributed by atoms with E-state index in [9.17, 15) is 14.4 Å². The molecule has 1 N–H and O–H groups in total. The van der Waals surface area contributed by atoms with Gasteiger partial charge in [-0.1, -0.05) is 25.3 Å². The molecule has 0 heterocycles. The maximum absolute atomic E-state index is 12.3. The van der Waals surface area contributed by atoms with Crippen molar-refractivity contribution in [2.24, 2.45) is 0 Å². The highest BCUT2D eigenvalue weighted by Crippen LogP contribution is 2.22. The molecule has 0 saturated heterocycles. The summed E-state index contributed by atoms with van der Waals surface area (Å²) in [6.45, 7) is 1.48. The highest BCUT2D eigenvalue weighted by Gasteiger charge is 2.23. The summed E-state index contributed by atoms with van der Waals surface area (Å²) >= 11 is 1.19. The Balaban J connectivity index is 1.70. The first-order valence-electron chi connectivity index (χ1n) is 9.74. The molecule has 0 bridgehead atoms. The molecule has 1 atom stereocenters. The van der Waals surface area contributed by atoms with Gasteiger partial charge in [-0.05, 0) is 38.0 Å².